The Morgan fingerprint density at radius 1 is 1.24 bits per heavy atom. The maximum atomic E-state index is 12.5. The largest absolute Gasteiger partial charge is 0.463 e. The molecule has 3 amide bonds. The number of fused-ring (bicyclic) bond motifs is 1. The van der Waals surface area contributed by atoms with Gasteiger partial charge in [0, 0.05) is 6.07 Å². The zero-order chi connectivity index (χ0) is 18.4. The van der Waals surface area contributed by atoms with E-state index in [4.69, 9.17) is 4.42 Å². The Hall–Kier alpha value is -3.21. The molecule has 130 valence electrons. The molecule has 0 radical (unpaired) electrons. The molecule has 1 aliphatic heterocycles. The zero-order valence-electron chi connectivity index (χ0n) is 12.6. The third-order valence-electron chi connectivity index (χ3n) is 3.43. The molecular formula is C14H10N2O8S. The average Bonchev–Trinajstić information content (AvgIpc) is 2.92. The molecule has 10 nitrogen and oxygen atoms in total. The van der Waals surface area contributed by atoms with Gasteiger partial charge in [0.15, 0.2) is 5.43 Å². The van der Waals surface area contributed by atoms with Crippen LogP contribution in [-0.4, -0.2) is 44.3 Å². The van der Waals surface area contributed by atoms with Crippen LogP contribution < -0.4 is 10.7 Å². The average molecular weight is 366 g/mol. The highest BCUT2D eigenvalue weighted by molar-refractivity contribution is 7.89. The molecular weight excluding hydrogens is 356 g/mol. The van der Waals surface area contributed by atoms with Gasteiger partial charge < -0.3 is 9.15 Å². The Balaban J connectivity index is 2.12. The van der Waals surface area contributed by atoms with Gasteiger partial charge in [0.1, 0.15) is 12.1 Å². The lowest BCUT2D eigenvalue weighted by Gasteiger charge is -2.14. The minimum atomic E-state index is -4.33. The summed E-state index contributed by atoms with van der Waals surface area (Å²) in [4.78, 5) is 46.0. The van der Waals surface area contributed by atoms with Crippen LogP contribution in [0.15, 0.2) is 38.4 Å². The number of methoxy groups -OCH3 is 1. The van der Waals surface area contributed by atoms with Gasteiger partial charge in [-0.25, -0.2) is 22.3 Å². The number of urea groups is 1. The van der Waals surface area contributed by atoms with Crippen LogP contribution in [0.25, 0.3) is 11.0 Å². The molecule has 0 bridgehead atoms. The predicted octanol–water partition coefficient (Wildman–Crippen LogP) is -0.180. The number of hydrogen-bond acceptors (Lipinski definition) is 8. The summed E-state index contributed by atoms with van der Waals surface area (Å²) in [5, 5.41) is 1.74. The van der Waals surface area contributed by atoms with Crippen molar-refractivity contribution >= 4 is 38.9 Å². The van der Waals surface area contributed by atoms with Crippen LogP contribution in [-0.2, 0) is 19.6 Å². The maximum Gasteiger partial charge on any atom is 0.374 e. The van der Waals surface area contributed by atoms with Gasteiger partial charge in [-0.2, -0.15) is 0 Å². The number of amides is 3. The van der Waals surface area contributed by atoms with E-state index < -0.39 is 39.9 Å². The fourth-order valence-corrected chi connectivity index (χ4v) is 3.55. The molecule has 0 atom stereocenters. The lowest BCUT2D eigenvalue weighted by atomic mass is 10.2. The van der Waals surface area contributed by atoms with E-state index in [2.05, 4.69) is 4.74 Å². The summed E-state index contributed by atoms with van der Waals surface area (Å²) in [6.07, 6.45) is 0. The number of esters is 1. The molecule has 0 spiro atoms. The highest BCUT2D eigenvalue weighted by Crippen LogP contribution is 2.22. The minimum absolute atomic E-state index is 0.0335. The molecule has 2 aromatic rings. The van der Waals surface area contributed by atoms with E-state index in [1.165, 1.54) is 6.07 Å². The Bertz CT molecular complexity index is 1090. The van der Waals surface area contributed by atoms with E-state index in [-0.39, 0.29) is 21.6 Å². The van der Waals surface area contributed by atoms with Crippen LogP contribution in [0.4, 0.5) is 4.79 Å². The molecule has 1 fully saturated rings. The van der Waals surface area contributed by atoms with Crippen molar-refractivity contribution in [1.82, 2.24) is 9.62 Å². The normalized spacial score (nSPS) is 14.7. The van der Waals surface area contributed by atoms with Crippen LogP contribution in [0.1, 0.15) is 10.6 Å². The molecule has 25 heavy (non-hydrogen) atoms. The van der Waals surface area contributed by atoms with E-state index in [1.54, 1.807) is 0 Å². The Kier molecular flexibility index (Phi) is 3.80. The topological polar surface area (TPSA) is 140 Å². The summed E-state index contributed by atoms with van der Waals surface area (Å²) in [7, 11) is -3.22. The summed E-state index contributed by atoms with van der Waals surface area (Å²) < 4.78 is 35.0. The molecule has 2 heterocycles. The van der Waals surface area contributed by atoms with Crippen molar-refractivity contribution in [1.29, 1.82) is 0 Å². The smallest absolute Gasteiger partial charge is 0.374 e. The van der Waals surface area contributed by atoms with Crippen LogP contribution in [0, 0.1) is 0 Å². The summed E-state index contributed by atoms with van der Waals surface area (Å²) in [6, 6.07) is 3.08. The quantitative estimate of drug-likeness (QED) is 0.583. The second kappa shape index (κ2) is 5.70. The first-order valence-electron chi connectivity index (χ1n) is 6.77. The Morgan fingerprint density at radius 3 is 2.56 bits per heavy atom. The van der Waals surface area contributed by atoms with Crippen molar-refractivity contribution in [3.05, 3.63) is 40.2 Å². The van der Waals surface area contributed by atoms with Gasteiger partial charge in [-0.3, -0.25) is 14.9 Å². The van der Waals surface area contributed by atoms with E-state index in [0.717, 1.165) is 25.3 Å². The number of carbonyl (C=O) groups is 3. The number of hydrogen-bond donors (Lipinski definition) is 1. The Morgan fingerprint density at radius 2 is 1.96 bits per heavy atom. The summed E-state index contributed by atoms with van der Waals surface area (Å²) in [6.45, 7) is -0.644. The van der Waals surface area contributed by atoms with Crippen molar-refractivity contribution in [2.75, 3.05) is 13.7 Å². The molecule has 1 aromatic heterocycles. The van der Waals surface area contributed by atoms with Gasteiger partial charge in [-0.1, -0.05) is 0 Å². The zero-order valence-corrected chi connectivity index (χ0v) is 13.5. The number of nitrogens with one attached hydrogen (secondary N) is 1. The van der Waals surface area contributed by atoms with Gasteiger partial charge in [-0.05, 0) is 18.2 Å². The van der Waals surface area contributed by atoms with Crippen LogP contribution in [0.2, 0.25) is 0 Å². The molecule has 1 aliphatic rings. The van der Waals surface area contributed by atoms with Crippen molar-refractivity contribution in [3.63, 3.8) is 0 Å². The number of benzene rings is 1. The SMILES string of the molecule is COC(=O)c1cc(=O)c2cc(S(=O)(=O)N3CC(=O)NC3=O)ccc2o1. The number of carbonyl (C=O) groups excluding carboxylic acids is 3. The minimum Gasteiger partial charge on any atom is -0.463 e. The standard InChI is InChI=1S/C14H10N2O8S/c1-23-13(19)11-5-9(17)8-4-7(2-3-10(8)24-11)25(21,22)16-6-12(18)15-14(16)20/h2-5H,6H2,1H3,(H,15,18,20). The molecule has 1 N–H and O–H groups in total. The molecule has 0 unspecified atom stereocenters. The highest BCUT2D eigenvalue weighted by atomic mass is 32.2. The number of sulfonamides is 1. The lowest BCUT2D eigenvalue weighted by Crippen LogP contribution is -2.34. The number of rotatable bonds is 3. The van der Waals surface area contributed by atoms with Gasteiger partial charge in [-0.15, -0.1) is 0 Å². The van der Waals surface area contributed by atoms with Crippen LogP contribution in [0.3, 0.4) is 0 Å². The van der Waals surface area contributed by atoms with Gasteiger partial charge >= 0.3 is 12.0 Å². The second-order valence-corrected chi connectivity index (χ2v) is 6.85. The van der Waals surface area contributed by atoms with Crippen molar-refractivity contribution < 1.29 is 32.0 Å². The maximum absolute atomic E-state index is 12.5. The number of imide groups is 1. The number of nitrogens with zero attached hydrogens (tertiary/aromatic N) is 1. The molecule has 1 saturated heterocycles. The van der Waals surface area contributed by atoms with Crippen molar-refractivity contribution in [2.24, 2.45) is 0 Å². The second-order valence-electron chi connectivity index (χ2n) is 4.99. The van der Waals surface area contributed by atoms with Crippen LogP contribution >= 0.6 is 0 Å². The summed E-state index contributed by atoms with van der Waals surface area (Å²) in [5.41, 5.74) is -0.700. The van der Waals surface area contributed by atoms with Crippen molar-refractivity contribution in [2.45, 2.75) is 4.90 Å². The van der Waals surface area contributed by atoms with Gasteiger partial charge in [0.2, 0.25) is 11.7 Å². The first-order chi connectivity index (χ1) is 11.7. The summed E-state index contributed by atoms with van der Waals surface area (Å²) in [5.74, 6) is -1.94. The van der Waals surface area contributed by atoms with Gasteiger partial charge in [0.25, 0.3) is 10.0 Å². The fourth-order valence-electron chi connectivity index (χ4n) is 2.24. The van der Waals surface area contributed by atoms with Crippen molar-refractivity contribution in [3.8, 4) is 0 Å². The first kappa shape index (κ1) is 16.6. The molecule has 0 saturated carbocycles. The van der Waals surface area contributed by atoms with E-state index in [0.29, 0.717) is 4.31 Å². The lowest BCUT2D eigenvalue weighted by molar-refractivity contribution is -0.118. The number of ether oxygens (including phenoxy) is 1. The van der Waals surface area contributed by atoms with Gasteiger partial charge in [0.05, 0.1) is 17.4 Å². The third-order valence-corrected chi connectivity index (χ3v) is 5.16. The molecule has 3 rings (SSSR count). The molecule has 0 aliphatic carbocycles. The summed E-state index contributed by atoms with van der Waals surface area (Å²) >= 11 is 0. The van der Waals surface area contributed by atoms with E-state index in [1.807, 2.05) is 5.32 Å². The first-order valence-corrected chi connectivity index (χ1v) is 8.21. The van der Waals surface area contributed by atoms with E-state index >= 15 is 0 Å². The van der Waals surface area contributed by atoms with Crippen LogP contribution in [0.5, 0.6) is 0 Å². The predicted molar refractivity (Wildman–Crippen MR) is 81.3 cm³/mol. The van der Waals surface area contributed by atoms with E-state index in [9.17, 15) is 27.6 Å². The monoisotopic (exact) mass is 366 g/mol. The highest BCUT2D eigenvalue weighted by Gasteiger charge is 2.37. The third kappa shape index (κ3) is 2.74. The molecule has 1 aromatic carbocycles. The molecule has 11 heteroatoms. The fraction of sp³-hybridized carbons (Fsp3) is 0.143. The Labute approximate surface area is 140 Å².